The molecule has 1 spiro atoms. The van der Waals surface area contributed by atoms with E-state index in [9.17, 15) is 23.4 Å². The predicted octanol–water partition coefficient (Wildman–Crippen LogP) is 4.39. The largest absolute Gasteiger partial charge is 0.490 e. The van der Waals surface area contributed by atoms with Crippen LogP contribution in [0.15, 0.2) is 48.6 Å². The van der Waals surface area contributed by atoms with Gasteiger partial charge in [-0.3, -0.25) is 4.79 Å². The minimum atomic E-state index is -4.04. The highest BCUT2D eigenvalue weighted by Gasteiger charge is 2.51. The van der Waals surface area contributed by atoms with Crippen molar-refractivity contribution in [3.63, 3.8) is 0 Å². The van der Waals surface area contributed by atoms with E-state index in [0.717, 1.165) is 32.1 Å². The Balaban J connectivity index is 1.36. The first-order valence-electron chi connectivity index (χ1n) is 17.1. The Morgan fingerprint density at radius 1 is 1.16 bits per heavy atom. The van der Waals surface area contributed by atoms with Gasteiger partial charge in [-0.2, -0.15) is 5.10 Å². The number of nitrogens with zero attached hydrogens (tertiary/aromatic N) is 4. The summed E-state index contributed by atoms with van der Waals surface area (Å²) in [5, 5.41) is 26.6. The minimum Gasteiger partial charge on any atom is -0.490 e. The zero-order valence-corrected chi connectivity index (χ0v) is 29.7. The molecule has 0 saturated heterocycles. The third kappa shape index (κ3) is 6.04. The molecule has 1 amide bonds. The average Bonchev–Trinajstić information content (AvgIpc) is 3.38. The smallest absolute Gasteiger partial charge is 0.264 e. The standard InChI is InChI=1S/C36H44ClN5O6S/c1-22-6-4-15-36(45,34-38-32(19-43)39-41(34)3)29-11-8-26(29)18-42-20-35(14-5-7-24-16-27(37)10-12-28(24)35)21-48-31-13-9-25(17-30(31)42)33(44)40-49(46,47)23(22)2/h4,9-10,12-13,15-17,22-23,26,29,43,45H,5-8,11,14,18-21H2,1-3H3,(H,40,44)/b15-4-/t22-,23+,26-,29+,35-,36-/m0/s1. The Morgan fingerprint density at radius 3 is 2.71 bits per heavy atom. The number of amides is 1. The van der Waals surface area contributed by atoms with E-state index in [4.69, 9.17) is 16.3 Å². The number of carbonyl (C=O) groups is 1. The summed E-state index contributed by atoms with van der Waals surface area (Å²) in [7, 11) is -2.33. The number of aromatic nitrogens is 3. The summed E-state index contributed by atoms with van der Waals surface area (Å²) in [6.45, 7) is 4.63. The molecule has 3 N–H and O–H groups in total. The molecule has 2 aliphatic heterocycles. The van der Waals surface area contributed by atoms with Crippen molar-refractivity contribution in [1.29, 1.82) is 0 Å². The highest BCUT2D eigenvalue weighted by atomic mass is 35.5. The molecule has 1 fully saturated rings. The van der Waals surface area contributed by atoms with E-state index in [2.05, 4.69) is 25.8 Å². The number of aliphatic hydroxyl groups excluding tert-OH is 1. The number of hydrogen-bond donors (Lipinski definition) is 3. The van der Waals surface area contributed by atoms with Crippen molar-refractivity contribution in [3.8, 4) is 5.75 Å². The van der Waals surface area contributed by atoms with Crippen molar-refractivity contribution in [2.24, 2.45) is 24.8 Å². The van der Waals surface area contributed by atoms with Gasteiger partial charge < -0.3 is 19.8 Å². The Kier molecular flexibility index (Phi) is 8.82. The number of aliphatic hydroxyl groups is 2. The summed E-state index contributed by atoms with van der Waals surface area (Å²) < 4.78 is 37.3. The van der Waals surface area contributed by atoms with Crippen molar-refractivity contribution in [3.05, 3.63) is 81.9 Å². The number of benzene rings is 2. The van der Waals surface area contributed by atoms with Crippen LogP contribution in [-0.2, 0) is 41.1 Å². The third-order valence-electron chi connectivity index (χ3n) is 11.4. The molecular formula is C36H44ClN5O6S. The van der Waals surface area contributed by atoms with Gasteiger partial charge in [0.1, 0.15) is 18.0 Å². The number of aryl methyl sites for hydroxylation is 2. The monoisotopic (exact) mass is 709 g/mol. The minimum absolute atomic E-state index is 0.0299. The summed E-state index contributed by atoms with van der Waals surface area (Å²) >= 11 is 6.44. The fourth-order valence-electron chi connectivity index (χ4n) is 8.36. The van der Waals surface area contributed by atoms with E-state index < -0.39 is 26.8 Å². The Morgan fingerprint density at radius 2 is 1.98 bits per heavy atom. The van der Waals surface area contributed by atoms with Gasteiger partial charge in [-0.1, -0.05) is 30.7 Å². The number of ether oxygens (including phenoxy) is 1. The van der Waals surface area contributed by atoms with E-state index in [0.29, 0.717) is 48.4 Å². The molecule has 7 rings (SSSR count). The molecule has 3 aromatic rings. The summed E-state index contributed by atoms with van der Waals surface area (Å²) in [5.41, 5.74) is 1.47. The Bertz CT molecular complexity index is 1910. The molecule has 1 aromatic heterocycles. The Labute approximate surface area is 292 Å². The maximum atomic E-state index is 13.5. The summed E-state index contributed by atoms with van der Waals surface area (Å²) in [5.74, 6) is -0.0941. The van der Waals surface area contributed by atoms with Crippen molar-refractivity contribution >= 4 is 33.2 Å². The zero-order valence-electron chi connectivity index (χ0n) is 28.1. The lowest BCUT2D eigenvalue weighted by molar-refractivity contribution is -0.0583. The van der Waals surface area contributed by atoms with Crippen LogP contribution in [0.5, 0.6) is 5.75 Å². The second-order valence-corrected chi connectivity index (χ2v) is 17.0. The highest BCUT2D eigenvalue weighted by molar-refractivity contribution is 7.90. The molecule has 0 unspecified atom stereocenters. The van der Waals surface area contributed by atoms with Crippen LogP contribution in [0, 0.1) is 17.8 Å². The first kappa shape index (κ1) is 34.0. The van der Waals surface area contributed by atoms with E-state index in [1.807, 2.05) is 25.1 Å². The van der Waals surface area contributed by atoms with Gasteiger partial charge in [-0.05, 0) is 105 Å². The van der Waals surface area contributed by atoms with E-state index in [1.165, 1.54) is 15.8 Å². The number of carbonyl (C=O) groups excluding carboxylic acids is 1. The van der Waals surface area contributed by atoms with Crippen molar-refractivity contribution in [2.75, 3.05) is 24.6 Å². The number of nitrogens with one attached hydrogen (secondary N) is 1. The van der Waals surface area contributed by atoms with Crippen molar-refractivity contribution in [1.82, 2.24) is 19.5 Å². The van der Waals surface area contributed by atoms with Gasteiger partial charge in [-0.15, -0.1) is 0 Å². The molecule has 2 aromatic carbocycles. The molecule has 13 heteroatoms. The molecule has 2 aliphatic carbocycles. The zero-order chi connectivity index (χ0) is 34.7. The number of hydrogen-bond acceptors (Lipinski definition) is 9. The van der Waals surface area contributed by atoms with E-state index >= 15 is 0 Å². The highest BCUT2D eigenvalue weighted by Crippen LogP contribution is 2.50. The normalized spacial score (nSPS) is 31.8. The lowest BCUT2D eigenvalue weighted by Crippen LogP contribution is -2.52. The fraction of sp³-hybridized carbons (Fsp3) is 0.528. The van der Waals surface area contributed by atoms with Gasteiger partial charge >= 0.3 is 0 Å². The van der Waals surface area contributed by atoms with Gasteiger partial charge in [0.2, 0.25) is 10.0 Å². The second kappa shape index (κ2) is 12.7. The lowest BCUT2D eigenvalue weighted by Gasteiger charge is -2.48. The molecule has 0 radical (unpaired) electrons. The topological polar surface area (TPSA) is 147 Å². The quantitative estimate of drug-likeness (QED) is 0.330. The van der Waals surface area contributed by atoms with Crippen LogP contribution in [0.3, 0.4) is 0 Å². The summed E-state index contributed by atoms with van der Waals surface area (Å²) in [4.78, 5) is 20.3. The third-order valence-corrected chi connectivity index (χ3v) is 13.6. The van der Waals surface area contributed by atoms with E-state index in [-0.39, 0.29) is 41.2 Å². The number of allylic oxidation sites excluding steroid dienone is 1. The summed E-state index contributed by atoms with van der Waals surface area (Å²) in [6.07, 6.45) is 8.29. The Hall–Kier alpha value is -3.45. The average molecular weight is 710 g/mol. The number of sulfonamides is 1. The molecular weight excluding hydrogens is 666 g/mol. The van der Waals surface area contributed by atoms with Gasteiger partial charge in [0.25, 0.3) is 5.91 Å². The molecule has 1 saturated carbocycles. The number of fused-ring (bicyclic) bond motifs is 4. The SMILES string of the molecule is C[C@@H]1[C@@H](C)C/C=C\[C@@](O)(c2nc(CO)nn2C)[C@@H]2CC[C@H]2CN2C[C@@]3(CCCc4cc(Cl)ccc43)COc3ccc(cc32)C(=O)NS1(=O)=O. The first-order valence-corrected chi connectivity index (χ1v) is 19.0. The van der Waals surface area contributed by atoms with Gasteiger partial charge in [0, 0.05) is 42.1 Å². The molecule has 6 atom stereocenters. The van der Waals surface area contributed by atoms with Crippen LogP contribution >= 0.6 is 11.6 Å². The number of anilines is 1. The molecule has 2 bridgehead atoms. The molecule has 3 heterocycles. The number of halogens is 1. The van der Waals surface area contributed by atoms with Crippen LogP contribution in [-0.4, -0.2) is 64.2 Å². The maximum Gasteiger partial charge on any atom is 0.264 e. The van der Waals surface area contributed by atoms with Crippen molar-refractivity contribution in [2.45, 2.75) is 75.2 Å². The van der Waals surface area contributed by atoms with Crippen LogP contribution in [0.2, 0.25) is 5.02 Å². The summed E-state index contributed by atoms with van der Waals surface area (Å²) in [6, 6.07) is 11.2. The molecule has 4 aliphatic rings. The van der Waals surface area contributed by atoms with Crippen molar-refractivity contribution < 1.29 is 28.2 Å². The van der Waals surface area contributed by atoms with Crippen LogP contribution < -0.4 is 14.4 Å². The van der Waals surface area contributed by atoms with Crippen LogP contribution in [0.1, 0.15) is 79.1 Å². The van der Waals surface area contributed by atoms with Gasteiger partial charge in [-0.25, -0.2) is 22.8 Å². The molecule has 11 nitrogen and oxygen atoms in total. The van der Waals surface area contributed by atoms with Gasteiger partial charge in [0.05, 0.1) is 17.5 Å². The molecule has 49 heavy (non-hydrogen) atoms. The van der Waals surface area contributed by atoms with Gasteiger partial charge in [0.15, 0.2) is 11.6 Å². The maximum absolute atomic E-state index is 13.5. The second-order valence-electron chi connectivity index (χ2n) is 14.5. The fourth-order valence-corrected chi connectivity index (χ4v) is 9.84. The lowest BCUT2D eigenvalue weighted by atomic mass is 9.63. The predicted molar refractivity (Wildman–Crippen MR) is 186 cm³/mol. The number of rotatable bonds is 2. The molecule has 262 valence electrons. The van der Waals surface area contributed by atoms with Crippen LogP contribution in [0.25, 0.3) is 0 Å². The van der Waals surface area contributed by atoms with Crippen LogP contribution in [0.4, 0.5) is 5.69 Å². The van der Waals surface area contributed by atoms with E-state index in [1.54, 1.807) is 38.2 Å². The first-order chi connectivity index (χ1) is 23.3.